The van der Waals surface area contributed by atoms with Crippen molar-refractivity contribution in [2.45, 2.75) is 52.9 Å². The molecule has 0 bridgehead atoms. The van der Waals surface area contributed by atoms with Gasteiger partial charge in [-0.15, -0.1) is 22.7 Å². The third kappa shape index (κ3) is 4.43. The van der Waals surface area contributed by atoms with Crippen LogP contribution in [0, 0.1) is 5.92 Å². The van der Waals surface area contributed by atoms with Gasteiger partial charge in [-0.25, -0.2) is 0 Å². The second kappa shape index (κ2) is 9.02. The minimum Gasteiger partial charge on any atom is -0.339 e. The van der Waals surface area contributed by atoms with Gasteiger partial charge in [-0.05, 0) is 55.0 Å². The van der Waals surface area contributed by atoms with Crippen molar-refractivity contribution in [2.75, 3.05) is 18.4 Å². The number of fused-ring (bicyclic) bond motifs is 1. The lowest BCUT2D eigenvalue weighted by atomic mass is 9.88. The van der Waals surface area contributed by atoms with E-state index in [0.717, 1.165) is 55.8 Å². The average Bonchev–Trinajstić information content (AvgIpc) is 3.28. The average molecular weight is 405 g/mol. The molecule has 2 aromatic heterocycles. The molecule has 1 atom stereocenters. The smallest absolute Gasteiger partial charge is 0.266 e. The zero-order chi connectivity index (χ0) is 19.4. The number of nitrogens with zero attached hydrogens (tertiary/aromatic N) is 1. The summed E-state index contributed by atoms with van der Waals surface area (Å²) in [5.74, 6) is 0.581. The minimum atomic E-state index is -0.122. The standard InChI is InChI=1S/C21H28N2O2S2/c1-4-10-23(11-5-2)21(25)18-15-9-8-14(3)13-17(15)27-20(18)22-19(24)16-7-6-12-26-16/h6-7,12,14H,4-5,8-11,13H2,1-3H3,(H,22,24). The highest BCUT2D eigenvalue weighted by molar-refractivity contribution is 7.17. The molecule has 1 aliphatic carbocycles. The van der Waals surface area contributed by atoms with Crippen LogP contribution in [0.4, 0.5) is 5.00 Å². The maximum absolute atomic E-state index is 13.4. The zero-order valence-corrected chi connectivity index (χ0v) is 18.0. The van der Waals surface area contributed by atoms with Crippen LogP contribution in [0.2, 0.25) is 0 Å². The summed E-state index contributed by atoms with van der Waals surface area (Å²) >= 11 is 3.02. The fourth-order valence-electron chi connectivity index (χ4n) is 3.65. The molecule has 0 saturated heterocycles. The second-order valence-corrected chi connectivity index (χ2v) is 9.33. The van der Waals surface area contributed by atoms with E-state index >= 15 is 0 Å². The number of rotatable bonds is 7. The Balaban J connectivity index is 1.96. The Labute approximate surface area is 169 Å². The van der Waals surface area contributed by atoms with Crippen molar-refractivity contribution in [3.8, 4) is 0 Å². The molecule has 6 heteroatoms. The quantitative estimate of drug-likeness (QED) is 0.667. The summed E-state index contributed by atoms with van der Waals surface area (Å²) in [4.78, 5) is 29.9. The number of thiophene rings is 2. The van der Waals surface area contributed by atoms with E-state index in [-0.39, 0.29) is 11.8 Å². The van der Waals surface area contributed by atoms with E-state index in [2.05, 4.69) is 26.1 Å². The van der Waals surface area contributed by atoms with Gasteiger partial charge in [0, 0.05) is 18.0 Å². The van der Waals surface area contributed by atoms with Gasteiger partial charge in [0.2, 0.25) is 0 Å². The van der Waals surface area contributed by atoms with E-state index in [1.54, 1.807) is 11.3 Å². The molecule has 1 unspecified atom stereocenters. The van der Waals surface area contributed by atoms with Crippen molar-refractivity contribution in [3.05, 3.63) is 38.4 Å². The monoisotopic (exact) mass is 404 g/mol. The first kappa shape index (κ1) is 20.1. The van der Waals surface area contributed by atoms with Gasteiger partial charge in [-0.1, -0.05) is 26.8 Å². The van der Waals surface area contributed by atoms with E-state index in [0.29, 0.717) is 10.8 Å². The molecule has 0 radical (unpaired) electrons. The fraction of sp³-hybridized carbons (Fsp3) is 0.524. The second-order valence-electron chi connectivity index (χ2n) is 7.28. The predicted molar refractivity (Wildman–Crippen MR) is 114 cm³/mol. The van der Waals surface area contributed by atoms with E-state index in [1.165, 1.54) is 21.8 Å². The number of carbonyl (C=O) groups excluding carboxylic acids is 2. The van der Waals surface area contributed by atoms with Crippen molar-refractivity contribution in [1.29, 1.82) is 0 Å². The molecule has 3 rings (SSSR count). The van der Waals surface area contributed by atoms with Crippen LogP contribution in [0.5, 0.6) is 0 Å². The summed E-state index contributed by atoms with van der Waals surface area (Å²) in [6, 6.07) is 3.69. The molecular formula is C21H28N2O2S2. The van der Waals surface area contributed by atoms with Crippen LogP contribution in [0.15, 0.2) is 17.5 Å². The molecule has 27 heavy (non-hydrogen) atoms. The topological polar surface area (TPSA) is 49.4 Å². The van der Waals surface area contributed by atoms with Crippen molar-refractivity contribution in [2.24, 2.45) is 5.92 Å². The Bertz CT molecular complexity index is 789. The van der Waals surface area contributed by atoms with Gasteiger partial charge in [0.1, 0.15) is 5.00 Å². The van der Waals surface area contributed by atoms with Gasteiger partial charge in [0.05, 0.1) is 10.4 Å². The van der Waals surface area contributed by atoms with Gasteiger partial charge in [-0.2, -0.15) is 0 Å². The summed E-state index contributed by atoms with van der Waals surface area (Å²) in [5, 5.41) is 5.67. The van der Waals surface area contributed by atoms with Gasteiger partial charge < -0.3 is 10.2 Å². The molecular weight excluding hydrogens is 376 g/mol. The predicted octanol–water partition coefficient (Wildman–Crippen LogP) is 5.45. The first-order valence-electron chi connectivity index (χ1n) is 9.83. The number of carbonyl (C=O) groups is 2. The van der Waals surface area contributed by atoms with E-state index in [4.69, 9.17) is 0 Å². The van der Waals surface area contributed by atoms with E-state index < -0.39 is 0 Å². The number of nitrogens with one attached hydrogen (secondary N) is 1. The SMILES string of the molecule is CCCN(CCC)C(=O)c1c(NC(=O)c2cccs2)sc2c1CCC(C)C2. The molecule has 2 heterocycles. The summed E-state index contributed by atoms with van der Waals surface area (Å²) in [6.07, 6.45) is 4.90. The zero-order valence-electron chi connectivity index (χ0n) is 16.3. The highest BCUT2D eigenvalue weighted by atomic mass is 32.1. The maximum Gasteiger partial charge on any atom is 0.266 e. The van der Waals surface area contributed by atoms with Crippen LogP contribution >= 0.6 is 22.7 Å². The van der Waals surface area contributed by atoms with Crippen LogP contribution in [0.25, 0.3) is 0 Å². The first-order chi connectivity index (χ1) is 13.0. The lowest BCUT2D eigenvalue weighted by Gasteiger charge is -2.24. The van der Waals surface area contributed by atoms with E-state index in [9.17, 15) is 9.59 Å². The van der Waals surface area contributed by atoms with Crippen molar-refractivity contribution >= 4 is 39.5 Å². The molecule has 0 saturated carbocycles. The molecule has 2 aromatic rings. The lowest BCUT2D eigenvalue weighted by molar-refractivity contribution is 0.0755. The third-order valence-corrected chi connectivity index (χ3v) is 7.01. The third-order valence-electron chi connectivity index (χ3n) is 4.97. The Morgan fingerprint density at radius 2 is 2.00 bits per heavy atom. The molecule has 2 amide bonds. The Morgan fingerprint density at radius 3 is 2.63 bits per heavy atom. The summed E-state index contributed by atoms with van der Waals surface area (Å²) in [6.45, 7) is 7.97. The Morgan fingerprint density at radius 1 is 1.26 bits per heavy atom. The van der Waals surface area contributed by atoms with Crippen LogP contribution in [-0.4, -0.2) is 29.8 Å². The normalized spacial score (nSPS) is 16.0. The van der Waals surface area contributed by atoms with Gasteiger partial charge >= 0.3 is 0 Å². The fourth-order valence-corrected chi connectivity index (χ4v) is 5.67. The minimum absolute atomic E-state index is 0.0761. The van der Waals surface area contributed by atoms with Crippen LogP contribution < -0.4 is 5.32 Å². The molecule has 0 aliphatic heterocycles. The molecule has 0 fully saturated rings. The highest BCUT2D eigenvalue weighted by Gasteiger charge is 2.30. The number of anilines is 1. The lowest BCUT2D eigenvalue weighted by Crippen LogP contribution is -2.33. The maximum atomic E-state index is 13.4. The molecule has 0 aromatic carbocycles. The van der Waals surface area contributed by atoms with Gasteiger partial charge in [0.15, 0.2) is 0 Å². The number of hydrogen-bond donors (Lipinski definition) is 1. The van der Waals surface area contributed by atoms with Crippen LogP contribution in [0.1, 0.15) is 70.5 Å². The Kier molecular flexibility index (Phi) is 6.71. The molecule has 0 spiro atoms. The number of amides is 2. The largest absolute Gasteiger partial charge is 0.339 e. The first-order valence-corrected chi connectivity index (χ1v) is 11.5. The van der Waals surface area contributed by atoms with Crippen molar-refractivity contribution < 1.29 is 9.59 Å². The molecule has 4 nitrogen and oxygen atoms in total. The van der Waals surface area contributed by atoms with E-state index in [1.807, 2.05) is 22.4 Å². The summed E-state index contributed by atoms with van der Waals surface area (Å²) in [5.41, 5.74) is 1.91. The number of hydrogen-bond acceptors (Lipinski definition) is 4. The van der Waals surface area contributed by atoms with Gasteiger partial charge in [-0.3, -0.25) is 9.59 Å². The van der Waals surface area contributed by atoms with Gasteiger partial charge in [0.25, 0.3) is 11.8 Å². The van der Waals surface area contributed by atoms with Crippen LogP contribution in [-0.2, 0) is 12.8 Å². The molecule has 146 valence electrons. The molecule has 1 aliphatic rings. The summed E-state index contributed by atoms with van der Waals surface area (Å²) in [7, 11) is 0. The van der Waals surface area contributed by atoms with Crippen molar-refractivity contribution in [3.63, 3.8) is 0 Å². The summed E-state index contributed by atoms with van der Waals surface area (Å²) < 4.78 is 0. The highest BCUT2D eigenvalue weighted by Crippen LogP contribution is 2.40. The van der Waals surface area contributed by atoms with Crippen molar-refractivity contribution in [1.82, 2.24) is 4.90 Å². The van der Waals surface area contributed by atoms with Crippen LogP contribution in [0.3, 0.4) is 0 Å². The molecule has 1 N–H and O–H groups in total. The Hall–Kier alpha value is -1.66.